The van der Waals surface area contributed by atoms with Crippen LogP contribution in [0.15, 0.2) is 23.3 Å². The van der Waals surface area contributed by atoms with E-state index in [0.29, 0.717) is 5.69 Å². The third-order valence-corrected chi connectivity index (χ3v) is 0.982. The maximum absolute atomic E-state index is 9.75. The standard InChI is InChI=1S/C6H5N3O/c7-6-5(9-4-10)2-1-3-8-6/h1-3H,(H2,7,8). The van der Waals surface area contributed by atoms with Crippen molar-refractivity contribution in [3.8, 4) is 0 Å². The summed E-state index contributed by atoms with van der Waals surface area (Å²) in [5.74, 6) is 0.242. The number of isocyanates is 1. The summed E-state index contributed by atoms with van der Waals surface area (Å²) in [4.78, 5) is 16.8. The number of nitrogen functional groups attached to an aromatic ring is 1. The largest absolute Gasteiger partial charge is 0.382 e. The van der Waals surface area contributed by atoms with Gasteiger partial charge in [-0.25, -0.2) is 9.78 Å². The number of pyridine rings is 1. The van der Waals surface area contributed by atoms with E-state index < -0.39 is 0 Å². The van der Waals surface area contributed by atoms with Gasteiger partial charge in [0.25, 0.3) is 0 Å². The molecule has 50 valence electrons. The fraction of sp³-hybridized carbons (Fsp3) is 0. The van der Waals surface area contributed by atoms with Crippen LogP contribution in [0.4, 0.5) is 11.5 Å². The average Bonchev–Trinajstić information content (AvgIpc) is 1.94. The van der Waals surface area contributed by atoms with Gasteiger partial charge in [-0.05, 0) is 12.1 Å². The molecule has 0 bridgehead atoms. The number of anilines is 1. The van der Waals surface area contributed by atoms with E-state index >= 15 is 0 Å². The van der Waals surface area contributed by atoms with Gasteiger partial charge in [0.2, 0.25) is 6.08 Å². The molecule has 4 heteroatoms. The van der Waals surface area contributed by atoms with Crippen LogP contribution in [0.1, 0.15) is 0 Å². The number of nitrogens with two attached hydrogens (primary N) is 1. The van der Waals surface area contributed by atoms with E-state index in [0.717, 1.165) is 0 Å². The second-order valence-corrected chi connectivity index (χ2v) is 1.61. The zero-order valence-corrected chi connectivity index (χ0v) is 5.11. The molecule has 0 aliphatic heterocycles. The first-order valence-corrected chi connectivity index (χ1v) is 2.63. The van der Waals surface area contributed by atoms with Crippen LogP contribution < -0.4 is 5.73 Å². The number of aliphatic imine (C=N–C) groups is 1. The lowest BCUT2D eigenvalue weighted by molar-refractivity contribution is 0.565. The second-order valence-electron chi connectivity index (χ2n) is 1.61. The van der Waals surface area contributed by atoms with Crippen molar-refractivity contribution in [2.24, 2.45) is 4.99 Å². The molecule has 4 nitrogen and oxygen atoms in total. The predicted octanol–water partition coefficient (Wildman–Crippen LogP) is 0.631. The Balaban J connectivity index is 3.14. The Labute approximate surface area is 57.4 Å². The van der Waals surface area contributed by atoms with Gasteiger partial charge in [-0.3, -0.25) is 0 Å². The number of nitrogens with zero attached hydrogens (tertiary/aromatic N) is 2. The maximum atomic E-state index is 9.75. The Morgan fingerprint density at radius 1 is 1.70 bits per heavy atom. The van der Waals surface area contributed by atoms with Gasteiger partial charge in [0.15, 0.2) is 0 Å². The van der Waals surface area contributed by atoms with E-state index in [1.807, 2.05) is 0 Å². The molecule has 1 aromatic rings. The SMILES string of the molecule is Nc1ncccc1N=C=O. The van der Waals surface area contributed by atoms with Gasteiger partial charge >= 0.3 is 0 Å². The summed E-state index contributed by atoms with van der Waals surface area (Å²) in [6.07, 6.45) is 2.91. The highest BCUT2D eigenvalue weighted by atomic mass is 16.1. The Kier molecular flexibility index (Phi) is 1.78. The molecule has 1 rings (SSSR count). The molecule has 0 saturated carbocycles. The van der Waals surface area contributed by atoms with Crippen LogP contribution in [0.25, 0.3) is 0 Å². The molecular formula is C6H5N3O. The number of rotatable bonds is 1. The van der Waals surface area contributed by atoms with Crippen LogP contribution in [0, 0.1) is 0 Å². The van der Waals surface area contributed by atoms with E-state index in [4.69, 9.17) is 5.73 Å². The fourth-order valence-electron chi connectivity index (χ4n) is 0.553. The minimum atomic E-state index is 0.242. The van der Waals surface area contributed by atoms with Gasteiger partial charge in [-0.1, -0.05) is 0 Å². The monoisotopic (exact) mass is 135 g/mol. The van der Waals surface area contributed by atoms with E-state index in [9.17, 15) is 4.79 Å². The summed E-state index contributed by atoms with van der Waals surface area (Å²) in [7, 11) is 0. The van der Waals surface area contributed by atoms with Crippen LogP contribution in [0.5, 0.6) is 0 Å². The highest BCUT2D eigenvalue weighted by molar-refractivity contribution is 5.61. The number of hydrogen-bond donors (Lipinski definition) is 1. The van der Waals surface area contributed by atoms with E-state index in [2.05, 4.69) is 9.98 Å². The molecule has 0 saturated heterocycles. The average molecular weight is 135 g/mol. The predicted molar refractivity (Wildman–Crippen MR) is 36.4 cm³/mol. The van der Waals surface area contributed by atoms with Gasteiger partial charge in [-0.2, -0.15) is 4.99 Å². The minimum absolute atomic E-state index is 0.242. The molecule has 1 aromatic heterocycles. The Hall–Kier alpha value is -1.67. The quantitative estimate of drug-likeness (QED) is 0.453. The van der Waals surface area contributed by atoms with Gasteiger partial charge in [0, 0.05) is 6.20 Å². The number of aromatic nitrogens is 1. The van der Waals surface area contributed by atoms with E-state index in [1.54, 1.807) is 12.1 Å². The lowest BCUT2D eigenvalue weighted by atomic mass is 10.4. The molecule has 0 aliphatic rings. The molecule has 10 heavy (non-hydrogen) atoms. The summed E-state index contributed by atoms with van der Waals surface area (Å²) in [5, 5.41) is 0. The zero-order valence-electron chi connectivity index (χ0n) is 5.11. The van der Waals surface area contributed by atoms with E-state index in [1.165, 1.54) is 12.3 Å². The van der Waals surface area contributed by atoms with Crippen LogP contribution in [-0.2, 0) is 4.79 Å². The Bertz CT molecular complexity index is 278. The van der Waals surface area contributed by atoms with Crippen molar-refractivity contribution in [3.05, 3.63) is 18.3 Å². The molecule has 0 spiro atoms. The lowest BCUT2D eigenvalue weighted by Gasteiger charge is -1.92. The lowest BCUT2D eigenvalue weighted by Crippen LogP contribution is -1.87. The molecule has 0 aromatic carbocycles. The normalized spacial score (nSPS) is 8.40. The smallest absolute Gasteiger partial charge is 0.240 e. The molecule has 0 fully saturated rings. The van der Waals surface area contributed by atoms with Crippen molar-refractivity contribution < 1.29 is 4.79 Å². The summed E-state index contributed by atoms with van der Waals surface area (Å²) in [6, 6.07) is 3.24. The van der Waals surface area contributed by atoms with Crippen LogP contribution in [0.3, 0.4) is 0 Å². The third-order valence-electron chi connectivity index (χ3n) is 0.982. The van der Waals surface area contributed by atoms with Crippen molar-refractivity contribution in [3.63, 3.8) is 0 Å². The molecule has 1 heterocycles. The second kappa shape index (κ2) is 2.75. The van der Waals surface area contributed by atoms with Crippen LogP contribution in [-0.4, -0.2) is 11.1 Å². The van der Waals surface area contributed by atoms with Gasteiger partial charge in [0.1, 0.15) is 11.5 Å². The van der Waals surface area contributed by atoms with Crippen molar-refractivity contribution in [1.29, 1.82) is 0 Å². The molecule has 0 unspecified atom stereocenters. The fourth-order valence-corrected chi connectivity index (χ4v) is 0.553. The number of carbonyl (C=O) groups excluding carboxylic acids is 1. The Morgan fingerprint density at radius 2 is 2.50 bits per heavy atom. The topological polar surface area (TPSA) is 68.3 Å². The number of hydrogen-bond acceptors (Lipinski definition) is 4. The van der Waals surface area contributed by atoms with Crippen LogP contribution in [0.2, 0.25) is 0 Å². The Morgan fingerprint density at radius 3 is 3.10 bits per heavy atom. The highest BCUT2D eigenvalue weighted by Gasteiger charge is 1.92. The molecular weight excluding hydrogens is 130 g/mol. The highest BCUT2D eigenvalue weighted by Crippen LogP contribution is 2.15. The van der Waals surface area contributed by atoms with Gasteiger partial charge in [-0.15, -0.1) is 0 Å². The molecule has 0 amide bonds. The van der Waals surface area contributed by atoms with Gasteiger partial charge < -0.3 is 5.73 Å². The summed E-state index contributed by atoms with van der Waals surface area (Å²) in [6.45, 7) is 0. The maximum Gasteiger partial charge on any atom is 0.240 e. The van der Waals surface area contributed by atoms with Crippen molar-refractivity contribution in [2.45, 2.75) is 0 Å². The zero-order chi connectivity index (χ0) is 7.40. The van der Waals surface area contributed by atoms with E-state index in [-0.39, 0.29) is 5.82 Å². The molecule has 0 atom stereocenters. The van der Waals surface area contributed by atoms with Crippen LogP contribution >= 0.6 is 0 Å². The molecule has 0 aliphatic carbocycles. The van der Waals surface area contributed by atoms with Gasteiger partial charge in [0.05, 0.1) is 0 Å². The summed E-state index contributed by atoms with van der Waals surface area (Å²) >= 11 is 0. The molecule has 0 radical (unpaired) electrons. The first-order valence-electron chi connectivity index (χ1n) is 2.63. The summed E-state index contributed by atoms with van der Waals surface area (Å²) < 4.78 is 0. The third kappa shape index (κ3) is 1.18. The van der Waals surface area contributed by atoms with Crippen molar-refractivity contribution in [2.75, 3.05) is 5.73 Å². The first kappa shape index (κ1) is 6.45. The first-order chi connectivity index (χ1) is 4.84. The minimum Gasteiger partial charge on any atom is -0.382 e. The van der Waals surface area contributed by atoms with Crippen molar-refractivity contribution in [1.82, 2.24) is 4.98 Å². The molecule has 2 N–H and O–H groups in total. The summed E-state index contributed by atoms with van der Waals surface area (Å²) in [5.41, 5.74) is 5.68. The van der Waals surface area contributed by atoms with Crippen molar-refractivity contribution >= 4 is 17.6 Å².